The van der Waals surface area contributed by atoms with Gasteiger partial charge in [-0.25, -0.2) is 4.99 Å². The summed E-state index contributed by atoms with van der Waals surface area (Å²) in [6.45, 7) is 9.12. The van der Waals surface area contributed by atoms with Crippen LogP contribution in [0, 0.1) is 5.92 Å². The monoisotopic (exact) mass is 544 g/mol. The standard InChI is InChI=1S/C23H36N4O3.HI/c1-3-24-23(27-12-10-19(16-27)18-30-14-13-29-2)25-15-20-7-4-5-8-21(20)17-26-11-6-9-22(26)28;/h4-5,7-8,19H,3,6,9-18H2,1-2H3,(H,24,25);1H. The number of ether oxygens (including phenoxy) is 2. The van der Waals surface area contributed by atoms with Gasteiger partial charge in [0, 0.05) is 52.2 Å². The van der Waals surface area contributed by atoms with Gasteiger partial charge in [-0.3, -0.25) is 4.79 Å². The van der Waals surface area contributed by atoms with E-state index < -0.39 is 0 Å². The number of amides is 1. The molecule has 1 aromatic carbocycles. The molecule has 0 aliphatic carbocycles. The molecule has 2 aliphatic rings. The fourth-order valence-corrected chi connectivity index (χ4v) is 4.08. The van der Waals surface area contributed by atoms with Gasteiger partial charge in [0.15, 0.2) is 5.96 Å². The van der Waals surface area contributed by atoms with Crippen LogP contribution < -0.4 is 5.32 Å². The Morgan fingerprint density at radius 1 is 1.23 bits per heavy atom. The second-order valence-electron chi connectivity index (χ2n) is 8.03. The summed E-state index contributed by atoms with van der Waals surface area (Å²) in [7, 11) is 1.70. The number of nitrogens with one attached hydrogen (secondary N) is 1. The number of carbonyl (C=O) groups excluding carboxylic acids is 1. The van der Waals surface area contributed by atoms with Gasteiger partial charge in [-0.1, -0.05) is 24.3 Å². The first kappa shape index (κ1) is 25.9. The lowest BCUT2D eigenvalue weighted by atomic mass is 10.1. The minimum Gasteiger partial charge on any atom is -0.382 e. The zero-order valence-corrected chi connectivity index (χ0v) is 21.2. The maximum Gasteiger partial charge on any atom is 0.222 e. The van der Waals surface area contributed by atoms with E-state index in [1.54, 1.807) is 7.11 Å². The Bertz CT molecular complexity index is 716. The van der Waals surface area contributed by atoms with E-state index in [0.717, 1.165) is 51.6 Å². The van der Waals surface area contributed by atoms with Crippen molar-refractivity contribution < 1.29 is 14.3 Å². The third-order valence-corrected chi connectivity index (χ3v) is 5.76. The van der Waals surface area contributed by atoms with Gasteiger partial charge >= 0.3 is 0 Å². The highest BCUT2D eigenvalue weighted by Crippen LogP contribution is 2.19. The normalized spacial score (nSPS) is 19.1. The molecule has 0 spiro atoms. The number of guanidine groups is 1. The van der Waals surface area contributed by atoms with Gasteiger partial charge in [0.05, 0.1) is 26.4 Å². The minimum atomic E-state index is 0. The van der Waals surface area contributed by atoms with Crippen LogP contribution in [-0.4, -0.2) is 74.8 Å². The van der Waals surface area contributed by atoms with Gasteiger partial charge in [0.2, 0.25) is 5.91 Å². The third kappa shape index (κ3) is 7.91. The maximum atomic E-state index is 12.0. The highest BCUT2D eigenvalue weighted by molar-refractivity contribution is 14.0. The molecule has 2 heterocycles. The first-order valence-electron chi connectivity index (χ1n) is 11.2. The lowest BCUT2D eigenvalue weighted by Gasteiger charge is -2.22. The Balaban J connectivity index is 0.00000341. The predicted octanol–water partition coefficient (Wildman–Crippen LogP) is 2.88. The molecule has 1 aromatic rings. The molecule has 1 atom stereocenters. The van der Waals surface area contributed by atoms with Crippen LogP contribution in [0.4, 0.5) is 0 Å². The fourth-order valence-electron chi connectivity index (χ4n) is 4.08. The summed E-state index contributed by atoms with van der Waals surface area (Å²) in [5, 5.41) is 3.44. The van der Waals surface area contributed by atoms with E-state index >= 15 is 0 Å². The molecule has 1 N–H and O–H groups in total. The lowest BCUT2D eigenvalue weighted by Crippen LogP contribution is -2.40. The Labute approximate surface area is 203 Å². The number of rotatable bonds is 10. The van der Waals surface area contributed by atoms with Gasteiger partial charge in [0.25, 0.3) is 0 Å². The Hall–Kier alpha value is -1.39. The van der Waals surface area contributed by atoms with Crippen LogP contribution in [-0.2, 0) is 27.4 Å². The fraction of sp³-hybridized carbons (Fsp3) is 0.652. The average Bonchev–Trinajstić information content (AvgIpc) is 3.39. The molecule has 0 aromatic heterocycles. The SMILES string of the molecule is CCNC(=NCc1ccccc1CN1CCCC1=O)N1CCC(COCCOC)C1.I. The molecule has 1 amide bonds. The van der Waals surface area contributed by atoms with Crippen molar-refractivity contribution >= 4 is 35.8 Å². The molecule has 2 aliphatic heterocycles. The summed E-state index contributed by atoms with van der Waals surface area (Å²) in [6.07, 6.45) is 2.76. The first-order valence-corrected chi connectivity index (χ1v) is 11.2. The number of nitrogens with zero attached hydrogens (tertiary/aromatic N) is 3. The van der Waals surface area contributed by atoms with Crippen LogP contribution in [0.2, 0.25) is 0 Å². The van der Waals surface area contributed by atoms with Crippen LogP contribution in [0.5, 0.6) is 0 Å². The molecule has 174 valence electrons. The van der Waals surface area contributed by atoms with Crippen molar-refractivity contribution in [1.82, 2.24) is 15.1 Å². The first-order chi connectivity index (χ1) is 14.7. The van der Waals surface area contributed by atoms with Crippen molar-refractivity contribution in [1.29, 1.82) is 0 Å². The summed E-state index contributed by atoms with van der Waals surface area (Å²) in [5.41, 5.74) is 2.38. The number of hydrogen-bond acceptors (Lipinski definition) is 4. The van der Waals surface area contributed by atoms with E-state index in [1.165, 1.54) is 11.1 Å². The molecule has 0 radical (unpaired) electrons. The van der Waals surface area contributed by atoms with Crippen molar-refractivity contribution in [3.63, 3.8) is 0 Å². The van der Waals surface area contributed by atoms with Gasteiger partial charge < -0.3 is 24.6 Å². The molecule has 0 bridgehead atoms. The molecular weight excluding hydrogens is 507 g/mol. The van der Waals surface area contributed by atoms with Crippen LogP contribution >= 0.6 is 24.0 Å². The number of methoxy groups -OCH3 is 1. The summed E-state index contributed by atoms with van der Waals surface area (Å²) in [5.74, 6) is 1.75. The smallest absolute Gasteiger partial charge is 0.222 e. The van der Waals surface area contributed by atoms with E-state index in [9.17, 15) is 4.79 Å². The molecule has 7 nitrogen and oxygen atoms in total. The Kier molecular flexibility index (Phi) is 11.6. The molecular formula is C23H37IN4O3. The second kappa shape index (κ2) is 13.9. The zero-order chi connectivity index (χ0) is 21.2. The van der Waals surface area contributed by atoms with Crippen LogP contribution in [0.25, 0.3) is 0 Å². The van der Waals surface area contributed by atoms with Crippen molar-refractivity contribution in [2.75, 3.05) is 53.1 Å². The van der Waals surface area contributed by atoms with Gasteiger partial charge in [-0.2, -0.15) is 0 Å². The highest BCUT2D eigenvalue weighted by Gasteiger charge is 2.25. The largest absolute Gasteiger partial charge is 0.382 e. The number of hydrogen-bond donors (Lipinski definition) is 1. The molecule has 2 saturated heterocycles. The van der Waals surface area contributed by atoms with E-state index in [0.29, 0.717) is 38.6 Å². The lowest BCUT2D eigenvalue weighted by molar-refractivity contribution is -0.128. The van der Waals surface area contributed by atoms with Crippen molar-refractivity contribution in [3.8, 4) is 0 Å². The topological polar surface area (TPSA) is 66.4 Å². The average molecular weight is 544 g/mol. The number of benzene rings is 1. The van der Waals surface area contributed by atoms with E-state index in [1.807, 2.05) is 11.0 Å². The quantitative estimate of drug-likeness (QED) is 0.213. The summed E-state index contributed by atoms with van der Waals surface area (Å²) in [4.78, 5) is 21.2. The van der Waals surface area contributed by atoms with Gasteiger partial charge in [-0.15, -0.1) is 24.0 Å². The van der Waals surface area contributed by atoms with E-state index in [2.05, 4.69) is 35.3 Å². The molecule has 0 saturated carbocycles. The summed E-state index contributed by atoms with van der Waals surface area (Å²) < 4.78 is 10.8. The van der Waals surface area contributed by atoms with Crippen LogP contribution in [0.1, 0.15) is 37.3 Å². The van der Waals surface area contributed by atoms with E-state index in [4.69, 9.17) is 14.5 Å². The van der Waals surface area contributed by atoms with Crippen LogP contribution in [0.15, 0.2) is 29.3 Å². The van der Waals surface area contributed by atoms with Crippen LogP contribution in [0.3, 0.4) is 0 Å². The predicted molar refractivity (Wildman–Crippen MR) is 134 cm³/mol. The number of aliphatic imine (C=N–C) groups is 1. The van der Waals surface area contributed by atoms with Crippen molar-refractivity contribution in [2.45, 2.75) is 39.3 Å². The Morgan fingerprint density at radius 2 is 2.03 bits per heavy atom. The highest BCUT2D eigenvalue weighted by atomic mass is 127. The second-order valence-corrected chi connectivity index (χ2v) is 8.03. The number of halogens is 1. The van der Waals surface area contributed by atoms with Gasteiger partial charge in [0.1, 0.15) is 0 Å². The third-order valence-electron chi connectivity index (χ3n) is 5.76. The van der Waals surface area contributed by atoms with Crippen molar-refractivity contribution in [3.05, 3.63) is 35.4 Å². The molecule has 31 heavy (non-hydrogen) atoms. The molecule has 1 unspecified atom stereocenters. The summed E-state index contributed by atoms with van der Waals surface area (Å²) in [6, 6.07) is 8.34. The molecule has 3 rings (SSSR count). The molecule has 8 heteroatoms. The van der Waals surface area contributed by atoms with Crippen molar-refractivity contribution in [2.24, 2.45) is 10.9 Å². The number of likely N-dealkylation sites (tertiary alicyclic amines) is 2. The zero-order valence-electron chi connectivity index (χ0n) is 18.8. The van der Waals surface area contributed by atoms with E-state index in [-0.39, 0.29) is 29.9 Å². The Morgan fingerprint density at radius 3 is 2.74 bits per heavy atom. The van der Waals surface area contributed by atoms with Gasteiger partial charge in [-0.05, 0) is 30.9 Å². The molecule has 2 fully saturated rings. The minimum absolute atomic E-state index is 0. The maximum absolute atomic E-state index is 12.0. The summed E-state index contributed by atoms with van der Waals surface area (Å²) >= 11 is 0. The number of carbonyl (C=O) groups is 1.